The molecule has 1 saturated heterocycles. The predicted molar refractivity (Wildman–Crippen MR) is 113 cm³/mol. The Kier molecular flexibility index (Phi) is 7.81. The second-order valence-electron chi connectivity index (χ2n) is 6.73. The van der Waals surface area contributed by atoms with E-state index in [0.29, 0.717) is 12.0 Å². The third-order valence-corrected chi connectivity index (χ3v) is 5.69. The number of nitrogens with zero attached hydrogens (tertiary/aromatic N) is 1. The quantitative estimate of drug-likeness (QED) is 0.368. The third kappa shape index (κ3) is 5.08. The first-order valence-corrected chi connectivity index (χ1v) is 9.38. The Morgan fingerprint density at radius 1 is 1.21 bits per heavy atom. The van der Waals surface area contributed by atoms with E-state index < -0.39 is 0 Å². The van der Waals surface area contributed by atoms with Crippen LogP contribution in [0.4, 0.5) is 0 Å². The van der Waals surface area contributed by atoms with Crippen molar-refractivity contribution >= 4 is 45.9 Å². The molecular formula is C18H27BrIN3O. The molecule has 4 nitrogen and oxygen atoms in total. The molecule has 0 spiro atoms. The van der Waals surface area contributed by atoms with E-state index in [1.807, 2.05) is 0 Å². The highest BCUT2D eigenvalue weighted by atomic mass is 127. The Hall–Kier alpha value is -0.340. The van der Waals surface area contributed by atoms with Gasteiger partial charge in [-0.15, -0.1) is 24.0 Å². The molecule has 1 saturated carbocycles. The first-order valence-electron chi connectivity index (χ1n) is 8.58. The Morgan fingerprint density at radius 3 is 2.46 bits per heavy atom. The van der Waals surface area contributed by atoms with E-state index >= 15 is 0 Å². The van der Waals surface area contributed by atoms with Gasteiger partial charge in [0.05, 0.1) is 6.54 Å². The molecule has 3 rings (SSSR count). The zero-order chi connectivity index (χ0) is 16.1. The Bertz CT molecular complexity index is 538. The van der Waals surface area contributed by atoms with E-state index in [2.05, 4.69) is 45.5 Å². The molecule has 1 aliphatic carbocycles. The van der Waals surface area contributed by atoms with Gasteiger partial charge in [-0.1, -0.05) is 40.9 Å². The van der Waals surface area contributed by atoms with Crippen LogP contribution >= 0.6 is 39.9 Å². The summed E-state index contributed by atoms with van der Waals surface area (Å²) in [4.78, 5) is 4.70. The lowest BCUT2D eigenvalue weighted by atomic mass is 9.74. The summed E-state index contributed by atoms with van der Waals surface area (Å²) < 4.78 is 6.69. The molecule has 0 unspecified atom stereocenters. The van der Waals surface area contributed by atoms with E-state index in [-0.39, 0.29) is 29.4 Å². The van der Waals surface area contributed by atoms with Crippen molar-refractivity contribution in [3.63, 3.8) is 0 Å². The number of nitrogens with one attached hydrogen (secondary N) is 1. The van der Waals surface area contributed by atoms with Crippen LogP contribution in [0.1, 0.15) is 44.1 Å². The van der Waals surface area contributed by atoms with Gasteiger partial charge < -0.3 is 15.8 Å². The van der Waals surface area contributed by atoms with E-state index in [9.17, 15) is 0 Å². The molecule has 2 aliphatic rings. The number of hydrogen-bond donors (Lipinski definition) is 2. The molecule has 3 N–H and O–H groups in total. The molecule has 24 heavy (non-hydrogen) atoms. The normalized spacial score (nSPS) is 21.3. The SMILES string of the molecule is I.NC(=NCC1(c2ccc(Br)cc2)CCOCC1)NC1CCCC1. The zero-order valence-electron chi connectivity index (χ0n) is 14.0. The number of nitrogens with two attached hydrogens (primary N) is 1. The summed E-state index contributed by atoms with van der Waals surface area (Å²) in [6, 6.07) is 9.13. The summed E-state index contributed by atoms with van der Waals surface area (Å²) in [5, 5.41) is 3.39. The smallest absolute Gasteiger partial charge is 0.188 e. The second kappa shape index (κ2) is 9.38. The molecule has 0 aromatic heterocycles. The van der Waals surface area contributed by atoms with Crippen molar-refractivity contribution in [3.8, 4) is 0 Å². The predicted octanol–water partition coefficient (Wildman–Crippen LogP) is 3.96. The van der Waals surface area contributed by atoms with Gasteiger partial charge in [-0.25, -0.2) is 0 Å². The van der Waals surface area contributed by atoms with Crippen LogP contribution in [0.15, 0.2) is 33.7 Å². The summed E-state index contributed by atoms with van der Waals surface area (Å²) in [6.45, 7) is 2.31. The van der Waals surface area contributed by atoms with E-state index in [4.69, 9.17) is 15.5 Å². The minimum absolute atomic E-state index is 0. The number of halogens is 2. The summed E-state index contributed by atoms with van der Waals surface area (Å²) in [5.74, 6) is 0.597. The van der Waals surface area contributed by atoms with Gasteiger partial charge in [0.15, 0.2) is 5.96 Å². The van der Waals surface area contributed by atoms with Gasteiger partial charge in [-0.05, 0) is 43.4 Å². The fourth-order valence-electron chi connectivity index (χ4n) is 3.67. The highest BCUT2D eigenvalue weighted by molar-refractivity contribution is 14.0. The molecule has 1 aromatic rings. The number of ether oxygens (including phenoxy) is 1. The number of rotatable bonds is 4. The maximum Gasteiger partial charge on any atom is 0.188 e. The van der Waals surface area contributed by atoms with Crippen LogP contribution in [0.3, 0.4) is 0 Å². The number of hydrogen-bond acceptors (Lipinski definition) is 2. The van der Waals surface area contributed by atoms with Crippen molar-refractivity contribution < 1.29 is 4.74 Å². The topological polar surface area (TPSA) is 59.6 Å². The van der Waals surface area contributed by atoms with Crippen molar-refractivity contribution in [3.05, 3.63) is 34.3 Å². The van der Waals surface area contributed by atoms with Crippen molar-refractivity contribution in [1.29, 1.82) is 0 Å². The Balaban J connectivity index is 0.00000208. The summed E-state index contributed by atoms with van der Waals surface area (Å²) in [6.07, 6.45) is 7.00. The first-order chi connectivity index (χ1) is 11.2. The van der Waals surface area contributed by atoms with Gasteiger partial charge in [0, 0.05) is 29.1 Å². The van der Waals surface area contributed by atoms with Crippen LogP contribution in [0.5, 0.6) is 0 Å². The first kappa shape index (κ1) is 20.0. The van der Waals surface area contributed by atoms with Crippen LogP contribution in [-0.2, 0) is 10.2 Å². The molecule has 0 bridgehead atoms. The van der Waals surface area contributed by atoms with Gasteiger partial charge in [0.1, 0.15) is 0 Å². The monoisotopic (exact) mass is 507 g/mol. The van der Waals surface area contributed by atoms with Crippen molar-refractivity contribution in [2.75, 3.05) is 19.8 Å². The molecule has 0 amide bonds. The Morgan fingerprint density at radius 2 is 1.83 bits per heavy atom. The second-order valence-corrected chi connectivity index (χ2v) is 7.64. The van der Waals surface area contributed by atoms with E-state index in [1.165, 1.54) is 31.2 Å². The van der Waals surface area contributed by atoms with Crippen LogP contribution in [0.25, 0.3) is 0 Å². The lowest BCUT2D eigenvalue weighted by Gasteiger charge is -2.36. The Labute approximate surface area is 170 Å². The molecule has 1 heterocycles. The van der Waals surface area contributed by atoms with Crippen molar-refractivity contribution in [1.82, 2.24) is 5.32 Å². The van der Waals surface area contributed by atoms with Gasteiger partial charge in [-0.2, -0.15) is 0 Å². The molecular weight excluding hydrogens is 481 g/mol. The molecule has 6 heteroatoms. The maximum atomic E-state index is 6.13. The van der Waals surface area contributed by atoms with Crippen LogP contribution in [-0.4, -0.2) is 31.8 Å². The van der Waals surface area contributed by atoms with Gasteiger partial charge >= 0.3 is 0 Å². The minimum Gasteiger partial charge on any atom is -0.381 e. The van der Waals surface area contributed by atoms with Crippen molar-refractivity contribution in [2.24, 2.45) is 10.7 Å². The number of aliphatic imine (C=N–C) groups is 1. The van der Waals surface area contributed by atoms with Crippen LogP contribution in [0.2, 0.25) is 0 Å². The standard InChI is InChI=1S/C18H26BrN3O.HI/c19-15-7-5-14(6-8-15)18(9-11-23-12-10-18)13-21-17(20)22-16-3-1-2-4-16;/h5-8,16H,1-4,9-13H2,(H3,20,21,22);1H. The molecule has 2 fully saturated rings. The minimum atomic E-state index is 0. The molecule has 0 radical (unpaired) electrons. The molecule has 134 valence electrons. The van der Waals surface area contributed by atoms with Crippen molar-refractivity contribution in [2.45, 2.75) is 50.0 Å². The summed E-state index contributed by atoms with van der Waals surface area (Å²) in [5.41, 5.74) is 7.51. The van der Waals surface area contributed by atoms with Gasteiger partial charge in [-0.3, -0.25) is 4.99 Å². The average molecular weight is 508 g/mol. The lowest BCUT2D eigenvalue weighted by Crippen LogP contribution is -2.41. The summed E-state index contributed by atoms with van der Waals surface area (Å²) in [7, 11) is 0. The molecule has 1 aliphatic heterocycles. The average Bonchev–Trinajstić information content (AvgIpc) is 3.07. The number of benzene rings is 1. The van der Waals surface area contributed by atoms with E-state index in [1.54, 1.807) is 0 Å². The fourth-order valence-corrected chi connectivity index (χ4v) is 3.93. The summed E-state index contributed by atoms with van der Waals surface area (Å²) >= 11 is 3.52. The third-order valence-electron chi connectivity index (χ3n) is 5.17. The maximum absolute atomic E-state index is 6.13. The highest BCUT2D eigenvalue weighted by Gasteiger charge is 2.34. The zero-order valence-corrected chi connectivity index (χ0v) is 17.9. The molecule has 0 atom stereocenters. The molecule has 1 aromatic carbocycles. The van der Waals surface area contributed by atoms with Crippen LogP contribution < -0.4 is 11.1 Å². The van der Waals surface area contributed by atoms with E-state index in [0.717, 1.165) is 37.1 Å². The number of guanidine groups is 1. The fraction of sp³-hybridized carbons (Fsp3) is 0.611. The largest absolute Gasteiger partial charge is 0.381 e. The van der Waals surface area contributed by atoms with Crippen LogP contribution in [0, 0.1) is 0 Å². The highest BCUT2D eigenvalue weighted by Crippen LogP contribution is 2.35. The van der Waals surface area contributed by atoms with Gasteiger partial charge in [0.25, 0.3) is 0 Å². The van der Waals surface area contributed by atoms with Gasteiger partial charge in [0.2, 0.25) is 0 Å². The lowest BCUT2D eigenvalue weighted by molar-refractivity contribution is 0.0531.